The molecule has 0 bridgehead atoms. The number of carbonyl (C=O) groups excluding carboxylic acids is 3. The summed E-state index contributed by atoms with van der Waals surface area (Å²) in [6.07, 6.45) is 0.583. The van der Waals surface area contributed by atoms with Crippen LogP contribution in [0.15, 0.2) is 41.3 Å². The van der Waals surface area contributed by atoms with E-state index in [1.807, 2.05) is 6.92 Å². The van der Waals surface area contributed by atoms with Crippen molar-refractivity contribution in [2.24, 2.45) is 17.6 Å². The number of rotatable bonds is 9. The number of esters is 1. The number of alkyl halides is 1. The highest BCUT2D eigenvalue weighted by Crippen LogP contribution is 2.52. The molecule has 0 radical (unpaired) electrons. The third-order valence-electron chi connectivity index (χ3n) is 7.42. The summed E-state index contributed by atoms with van der Waals surface area (Å²) >= 11 is 2.42. The SMILES string of the molecule is Cc1c(C2=C(C(=O)OCc3ccc([N+](=O)[O-])cc3)N3C(=O)[C@H]([C@@H](C)O)[C@@H]3[C@H]2C)sc2c(SCCF)n(C(N)=O)c[n+]12. The third-order valence-corrected chi connectivity index (χ3v) is 9.87. The number of β-lactam (4-membered cyclic amide) rings is 1. The minimum absolute atomic E-state index is 0.0691. The molecule has 1 saturated heterocycles. The Hall–Kier alpha value is -3.82. The maximum atomic E-state index is 13.6. The van der Waals surface area contributed by atoms with E-state index in [1.165, 1.54) is 58.3 Å². The Morgan fingerprint density at radius 1 is 1.34 bits per heavy atom. The summed E-state index contributed by atoms with van der Waals surface area (Å²) in [5.74, 6) is -2.07. The zero-order valence-electron chi connectivity index (χ0n) is 22.3. The van der Waals surface area contributed by atoms with Gasteiger partial charge in [0.05, 0.1) is 34.5 Å². The Kier molecular flexibility index (Phi) is 7.61. The summed E-state index contributed by atoms with van der Waals surface area (Å²) in [7, 11) is 0. The zero-order valence-corrected chi connectivity index (χ0v) is 23.9. The van der Waals surface area contributed by atoms with Crippen LogP contribution in [-0.2, 0) is 20.9 Å². The predicted molar refractivity (Wildman–Crippen MR) is 147 cm³/mol. The Bertz CT molecular complexity index is 1610. The minimum Gasteiger partial charge on any atom is -0.456 e. The average molecular weight is 605 g/mol. The third kappa shape index (κ3) is 4.67. The maximum Gasteiger partial charge on any atom is 0.411 e. The molecular weight excluding hydrogens is 577 g/mol. The lowest BCUT2D eigenvalue weighted by Gasteiger charge is -2.46. The molecule has 0 unspecified atom stereocenters. The van der Waals surface area contributed by atoms with E-state index in [9.17, 15) is 34.0 Å². The molecule has 5 rings (SSSR count). The standard InChI is InChI=1S/C26H26FN5O7S2/c1-12-17(21-13(2)29-11-30(26(28)36)23(24(29)41-21)40-9-8-27)20(31-19(12)18(14(3)33)22(31)34)25(35)39-10-15-4-6-16(7-5-15)32(37)38/h4-7,11-12,14,18-19,33H,8-10H2,1-3H3,(H-,28,36)/p+1/t12-,14+,18+,19-/m0/s1. The molecule has 1 fully saturated rings. The van der Waals surface area contributed by atoms with Gasteiger partial charge in [-0.1, -0.05) is 30.0 Å². The number of fused-ring (bicyclic) bond motifs is 2. The van der Waals surface area contributed by atoms with Crippen molar-refractivity contribution in [2.75, 3.05) is 12.4 Å². The average Bonchev–Trinajstić information content (AvgIpc) is 3.52. The van der Waals surface area contributed by atoms with Gasteiger partial charge in [-0.25, -0.2) is 9.59 Å². The number of aryl methyl sites for hydroxylation is 1. The van der Waals surface area contributed by atoms with Gasteiger partial charge in [0, 0.05) is 29.4 Å². The fourth-order valence-corrected chi connectivity index (χ4v) is 7.87. The predicted octanol–water partition coefficient (Wildman–Crippen LogP) is 2.81. The molecule has 4 heterocycles. The van der Waals surface area contributed by atoms with Crippen molar-refractivity contribution in [3.05, 3.63) is 62.5 Å². The molecular formula is C26H27FN5O7S2+. The van der Waals surface area contributed by atoms with Crippen molar-refractivity contribution in [3.8, 4) is 0 Å². The number of thiazole rings is 1. The van der Waals surface area contributed by atoms with Gasteiger partial charge >= 0.3 is 12.0 Å². The van der Waals surface area contributed by atoms with Crippen LogP contribution in [0.2, 0.25) is 0 Å². The van der Waals surface area contributed by atoms with Gasteiger partial charge in [0.25, 0.3) is 12.0 Å². The first-order valence-electron chi connectivity index (χ1n) is 12.7. The minimum atomic E-state index is -0.929. The molecule has 1 aromatic carbocycles. The van der Waals surface area contributed by atoms with Crippen LogP contribution in [0, 0.1) is 28.9 Å². The van der Waals surface area contributed by atoms with Crippen LogP contribution in [0.3, 0.4) is 0 Å². The number of aromatic nitrogens is 2. The van der Waals surface area contributed by atoms with Gasteiger partial charge in [-0.15, -0.1) is 4.57 Å². The van der Waals surface area contributed by atoms with Crippen molar-refractivity contribution >= 4 is 57.1 Å². The highest BCUT2D eigenvalue weighted by molar-refractivity contribution is 7.99. The van der Waals surface area contributed by atoms with Crippen molar-refractivity contribution in [1.29, 1.82) is 0 Å². The number of imidazole rings is 1. The number of primary amides is 1. The molecule has 4 atom stereocenters. The van der Waals surface area contributed by atoms with Crippen molar-refractivity contribution in [2.45, 2.75) is 44.5 Å². The summed E-state index contributed by atoms with van der Waals surface area (Å²) in [6, 6.07) is 4.40. The number of nitrogens with two attached hydrogens (primary N) is 1. The number of hydrogen-bond donors (Lipinski definition) is 2. The van der Waals surface area contributed by atoms with E-state index in [4.69, 9.17) is 10.5 Å². The van der Waals surface area contributed by atoms with Gasteiger partial charge in [0.15, 0.2) is 0 Å². The van der Waals surface area contributed by atoms with Crippen molar-refractivity contribution < 1.29 is 37.9 Å². The lowest BCUT2D eigenvalue weighted by molar-refractivity contribution is -0.515. The molecule has 0 aliphatic carbocycles. The largest absolute Gasteiger partial charge is 0.456 e. The van der Waals surface area contributed by atoms with Gasteiger partial charge in [0.1, 0.15) is 18.0 Å². The van der Waals surface area contributed by atoms with Crippen LogP contribution in [0.1, 0.15) is 30.0 Å². The number of non-ortho nitro benzene ring substituents is 1. The number of ether oxygens (including phenoxy) is 1. The van der Waals surface area contributed by atoms with Gasteiger partial charge < -0.3 is 20.5 Å². The second-order valence-corrected chi connectivity index (χ2v) is 12.0. The van der Waals surface area contributed by atoms with Gasteiger partial charge in [-0.3, -0.25) is 19.3 Å². The van der Waals surface area contributed by atoms with E-state index >= 15 is 0 Å². The fraction of sp³-hybridized carbons (Fsp3) is 0.385. The molecule has 15 heteroatoms. The van der Waals surface area contributed by atoms with E-state index < -0.39 is 41.7 Å². The van der Waals surface area contributed by atoms with E-state index in [0.29, 0.717) is 31.6 Å². The number of amides is 2. The van der Waals surface area contributed by atoms with Crippen LogP contribution >= 0.6 is 23.1 Å². The Balaban J connectivity index is 1.57. The first-order chi connectivity index (χ1) is 19.5. The lowest BCUT2D eigenvalue weighted by atomic mass is 9.77. The highest BCUT2D eigenvalue weighted by Gasteiger charge is 2.60. The molecule has 3 aromatic rings. The molecule has 0 spiro atoms. The first kappa shape index (κ1) is 28.7. The number of nitro groups is 1. The number of nitrogens with zero attached hydrogens (tertiary/aromatic N) is 4. The number of halogens is 1. The van der Waals surface area contributed by atoms with Gasteiger partial charge in [-0.05, 0) is 31.5 Å². The van der Waals surface area contributed by atoms with Crippen molar-refractivity contribution in [1.82, 2.24) is 9.47 Å². The fourth-order valence-electron chi connectivity index (χ4n) is 5.50. The zero-order chi connectivity index (χ0) is 29.7. The second kappa shape index (κ2) is 10.9. The summed E-state index contributed by atoms with van der Waals surface area (Å²) in [6.45, 7) is 4.43. The van der Waals surface area contributed by atoms with E-state index in [-0.39, 0.29) is 35.6 Å². The van der Waals surface area contributed by atoms with E-state index in [0.717, 1.165) is 11.8 Å². The Morgan fingerprint density at radius 3 is 2.61 bits per heavy atom. The monoisotopic (exact) mass is 604 g/mol. The molecule has 2 aliphatic rings. The van der Waals surface area contributed by atoms with Crippen LogP contribution in [-0.4, -0.2) is 62.0 Å². The highest BCUT2D eigenvalue weighted by atomic mass is 32.2. The van der Waals surface area contributed by atoms with Gasteiger partial charge in [-0.2, -0.15) is 4.40 Å². The molecule has 41 heavy (non-hydrogen) atoms. The summed E-state index contributed by atoms with van der Waals surface area (Å²) in [5.41, 5.74) is 7.29. The number of carbonyl (C=O) groups is 3. The maximum absolute atomic E-state index is 13.6. The van der Waals surface area contributed by atoms with E-state index in [1.54, 1.807) is 11.3 Å². The summed E-state index contributed by atoms with van der Waals surface area (Å²) < 4.78 is 21.6. The topological polar surface area (TPSA) is 162 Å². The molecule has 216 valence electrons. The number of hydrogen-bond acceptors (Lipinski definition) is 9. The normalized spacial score (nSPS) is 20.8. The quantitative estimate of drug-likeness (QED) is 0.0941. The first-order valence-corrected chi connectivity index (χ1v) is 14.5. The smallest absolute Gasteiger partial charge is 0.411 e. The molecule has 12 nitrogen and oxygen atoms in total. The molecule has 2 aliphatic heterocycles. The summed E-state index contributed by atoms with van der Waals surface area (Å²) in [5, 5.41) is 21.7. The van der Waals surface area contributed by atoms with Crippen molar-refractivity contribution in [3.63, 3.8) is 0 Å². The molecule has 2 amide bonds. The Labute approximate surface area is 241 Å². The summed E-state index contributed by atoms with van der Waals surface area (Å²) in [4.78, 5) is 51.9. The second-order valence-electron chi connectivity index (χ2n) is 9.87. The molecule has 3 N–H and O–H groups in total. The van der Waals surface area contributed by atoms with E-state index in [2.05, 4.69) is 0 Å². The number of aliphatic hydroxyl groups is 1. The van der Waals surface area contributed by atoms with Gasteiger partial charge in [0.2, 0.25) is 15.8 Å². The number of nitro benzene ring substituents is 1. The molecule has 0 saturated carbocycles. The van der Waals surface area contributed by atoms with Crippen LogP contribution in [0.25, 0.3) is 10.4 Å². The van der Waals surface area contributed by atoms with Crippen LogP contribution in [0.4, 0.5) is 14.9 Å². The number of aliphatic hydroxyl groups excluding tert-OH is 1. The lowest BCUT2D eigenvalue weighted by Crippen LogP contribution is -2.63. The van der Waals surface area contributed by atoms with Crippen LogP contribution in [0.5, 0.6) is 0 Å². The number of thioether (sulfide) groups is 1. The van der Waals surface area contributed by atoms with Crippen LogP contribution < -0.4 is 10.1 Å². The Morgan fingerprint density at radius 2 is 2.02 bits per heavy atom. The number of benzene rings is 1. The molecule has 2 aromatic heterocycles.